The molecule has 5 heteroatoms. The Labute approximate surface area is 147 Å². The molecule has 4 nitrogen and oxygen atoms in total. The minimum atomic E-state index is -0.215. The SMILES string of the molecule is COc1cc(/C=C/C(=O)Nc2ccc(C)cc2C)cc(Cl)c1OC. The fourth-order valence-corrected chi connectivity index (χ4v) is 2.63. The summed E-state index contributed by atoms with van der Waals surface area (Å²) in [6.07, 6.45) is 3.13. The molecule has 0 heterocycles. The number of amides is 1. The van der Waals surface area contributed by atoms with Crippen molar-refractivity contribution >= 4 is 29.3 Å². The highest BCUT2D eigenvalue weighted by Gasteiger charge is 2.10. The van der Waals surface area contributed by atoms with Crippen LogP contribution in [0.2, 0.25) is 5.02 Å². The van der Waals surface area contributed by atoms with E-state index in [9.17, 15) is 4.79 Å². The number of halogens is 1. The van der Waals surface area contributed by atoms with E-state index in [-0.39, 0.29) is 5.91 Å². The zero-order valence-electron chi connectivity index (χ0n) is 14.1. The molecule has 0 atom stereocenters. The molecular weight excluding hydrogens is 326 g/mol. The standard InChI is InChI=1S/C19H20ClNO3/c1-12-5-7-16(13(2)9-12)21-18(22)8-6-14-10-15(20)19(24-4)17(11-14)23-3/h5-11H,1-4H3,(H,21,22)/b8-6+. The van der Waals surface area contributed by atoms with Gasteiger partial charge in [0.2, 0.25) is 5.91 Å². The van der Waals surface area contributed by atoms with Crippen molar-refractivity contribution < 1.29 is 14.3 Å². The van der Waals surface area contributed by atoms with E-state index in [1.54, 1.807) is 18.2 Å². The lowest BCUT2D eigenvalue weighted by molar-refractivity contribution is -0.111. The van der Waals surface area contributed by atoms with Crippen molar-refractivity contribution in [2.45, 2.75) is 13.8 Å². The van der Waals surface area contributed by atoms with E-state index in [4.69, 9.17) is 21.1 Å². The van der Waals surface area contributed by atoms with E-state index in [1.807, 2.05) is 32.0 Å². The van der Waals surface area contributed by atoms with Crippen LogP contribution in [0.4, 0.5) is 5.69 Å². The van der Waals surface area contributed by atoms with Gasteiger partial charge in [0.1, 0.15) is 0 Å². The van der Waals surface area contributed by atoms with Gasteiger partial charge in [-0.3, -0.25) is 4.79 Å². The maximum atomic E-state index is 12.1. The summed E-state index contributed by atoms with van der Waals surface area (Å²) in [7, 11) is 3.06. The molecule has 126 valence electrons. The molecule has 1 N–H and O–H groups in total. The van der Waals surface area contributed by atoms with Crippen molar-refractivity contribution in [3.05, 3.63) is 58.1 Å². The third-order valence-corrected chi connectivity index (χ3v) is 3.80. The summed E-state index contributed by atoms with van der Waals surface area (Å²) in [4.78, 5) is 12.1. The van der Waals surface area contributed by atoms with Crippen LogP contribution in [0.3, 0.4) is 0 Å². The Kier molecular flexibility index (Phi) is 5.88. The van der Waals surface area contributed by atoms with Crippen molar-refractivity contribution in [1.29, 1.82) is 0 Å². The Hall–Kier alpha value is -2.46. The van der Waals surface area contributed by atoms with Gasteiger partial charge >= 0.3 is 0 Å². The number of aryl methyl sites for hydroxylation is 2. The summed E-state index contributed by atoms with van der Waals surface area (Å²) >= 11 is 6.15. The second kappa shape index (κ2) is 7.88. The smallest absolute Gasteiger partial charge is 0.248 e. The minimum absolute atomic E-state index is 0.215. The van der Waals surface area contributed by atoms with Crippen molar-refractivity contribution in [3.63, 3.8) is 0 Å². The van der Waals surface area contributed by atoms with Crippen molar-refractivity contribution in [2.75, 3.05) is 19.5 Å². The first-order valence-electron chi connectivity index (χ1n) is 7.42. The molecule has 0 unspecified atom stereocenters. The number of ether oxygens (including phenoxy) is 2. The van der Waals surface area contributed by atoms with Crippen LogP contribution in [0.1, 0.15) is 16.7 Å². The predicted octanol–water partition coefficient (Wildman–Crippen LogP) is 4.63. The van der Waals surface area contributed by atoms with Gasteiger partial charge in [0.05, 0.1) is 19.2 Å². The lowest BCUT2D eigenvalue weighted by Gasteiger charge is -2.10. The van der Waals surface area contributed by atoms with Crippen molar-refractivity contribution in [1.82, 2.24) is 0 Å². The Balaban J connectivity index is 2.15. The molecular formula is C19H20ClNO3. The molecule has 0 bridgehead atoms. The van der Waals surface area contributed by atoms with Crippen LogP contribution in [0.25, 0.3) is 6.08 Å². The van der Waals surface area contributed by atoms with E-state index >= 15 is 0 Å². The largest absolute Gasteiger partial charge is 0.493 e. The highest BCUT2D eigenvalue weighted by molar-refractivity contribution is 6.32. The highest BCUT2D eigenvalue weighted by Crippen LogP contribution is 2.36. The molecule has 0 saturated carbocycles. The summed E-state index contributed by atoms with van der Waals surface area (Å²) in [5, 5.41) is 3.28. The molecule has 0 aliphatic rings. The molecule has 0 fully saturated rings. The molecule has 0 radical (unpaired) electrons. The highest BCUT2D eigenvalue weighted by atomic mass is 35.5. The molecule has 2 rings (SSSR count). The summed E-state index contributed by atoms with van der Waals surface area (Å²) < 4.78 is 10.4. The Morgan fingerprint density at radius 3 is 2.50 bits per heavy atom. The normalized spacial score (nSPS) is 10.7. The summed E-state index contributed by atoms with van der Waals surface area (Å²) in [6.45, 7) is 3.97. The van der Waals surface area contributed by atoms with Gasteiger partial charge in [-0.15, -0.1) is 0 Å². The number of nitrogens with one attached hydrogen (secondary N) is 1. The van der Waals surface area contributed by atoms with Gasteiger partial charge in [0.25, 0.3) is 0 Å². The third-order valence-electron chi connectivity index (χ3n) is 3.52. The first-order chi connectivity index (χ1) is 11.4. The number of hydrogen-bond acceptors (Lipinski definition) is 3. The lowest BCUT2D eigenvalue weighted by atomic mass is 10.1. The van der Waals surface area contributed by atoms with Gasteiger partial charge in [-0.1, -0.05) is 29.3 Å². The number of carbonyl (C=O) groups excluding carboxylic acids is 1. The van der Waals surface area contributed by atoms with Gasteiger partial charge in [0, 0.05) is 11.8 Å². The first kappa shape index (κ1) is 17.9. The number of rotatable bonds is 5. The Morgan fingerprint density at radius 1 is 1.12 bits per heavy atom. The summed E-state index contributed by atoms with van der Waals surface area (Å²) in [5.74, 6) is 0.767. The van der Waals surface area contributed by atoms with Gasteiger partial charge in [-0.2, -0.15) is 0 Å². The number of methoxy groups -OCH3 is 2. The molecule has 0 aliphatic carbocycles. The minimum Gasteiger partial charge on any atom is -0.493 e. The Morgan fingerprint density at radius 2 is 1.88 bits per heavy atom. The predicted molar refractivity (Wildman–Crippen MR) is 98.1 cm³/mol. The van der Waals surface area contributed by atoms with Crippen molar-refractivity contribution in [2.24, 2.45) is 0 Å². The van der Waals surface area contributed by atoms with Gasteiger partial charge in [-0.05, 0) is 49.2 Å². The zero-order valence-corrected chi connectivity index (χ0v) is 14.9. The van der Waals surface area contributed by atoms with E-state index in [0.29, 0.717) is 16.5 Å². The molecule has 0 aromatic heterocycles. The van der Waals surface area contributed by atoms with E-state index in [1.165, 1.54) is 20.3 Å². The molecule has 0 saturated heterocycles. The van der Waals surface area contributed by atoms with Crippen LogP contribution in [0.5, 0.6) is 11.5 Å². The van der Waals surface area contributed by atoms with Crippen LogP contribution in [-0.4, -0.2) is 20.1 Å². The molecule has 0 aliphatic heterocycles. The lowest BCUT2D eigenvalue weighted by Crippen LogP contribution is -2.08. The first-order valence-corrected chi connectivity index (χ1v) is 7.80. The number of anilines is 1. The topological polar surface area (TPSA) is 47.6 Å². The Bertz CT molecular complexity index is 784. The van der Waals surface area contributed by atoms with E-state index in [2.05, 4.69) is 5.32 Å². The maximum absolute atomic E-state index is 12.1. The summed E-state index contributed by atoms with van der Waals surface area (Å²) in [6, 6.07) is 9.34. The zero-order chi connectivity index (χ0) is 17.7. The molecule has 2 aromatic carbocycles. The van der Waals surface area contributed by atoms with E-state index in [0.717, 1.165) is 22.4 Å². The maximum Gasteiger partial charge on any atom is 0.248 e. The molecule has 0 spiro atoms. The number of carbonyl (C=O) groups is 1. The van der Waals surface area contributed by atoms with Gasteiger partial charge < -0.3 is 14.8 Å². The third kappa shape index (κ3) is 4.30. The average molecular weight is 346 g/mol. The second-order valence-electron chi connectivity index (χ2n) is 5.38. The summed E-state index contributed by atoms with van der Waals surface area (Å²) in [5.41, 5.74) is 3.71. The number of benzene rings is 2. The van der Waals surface area contributed by atoms with Crippen LogP contribution in [0, 0.1) is 13.8 Å². The number of hydrogen-bond donors (Lipinski definition) is 1. The average Bonchev–Trinajstić information content (AvgIpc) is 2.55. The van der Waals surface area contributed by atoms with E-state index < -0.39 is 0 Å². The van der Waals surface area contributed by atoms with Gasteiger partial charge in [-0.25, -0.2) is 0 Å². The van der Waals surface area contributed by atoms with Gasteiger partial charge in [0.15, 0.2) is 11.5 Å². The second-order valence-corrected chi connectivity index (χ2v) is 5.79. The van der Waals surface area contributed by atoms with Crippen LogP contribution < -0.4 is 14.8 Å². The molecule has 2 aromatic rings. The molecule has 1 amide bonds. The quantitative estimate of drug-likeness (QED) is 0.804. The fraction of sp³-hybridized carbons (Fsp3) is 0.211. The molecule has 24 heavy (non-hydrogen) atoms. The van der Waals surface area contributed by atoms with Crippen LogP contribution >= 0.6 is 11.6 Å². The monoisotopic (exact) mass is 345 g/mol. The fourth-order valence-electron chi connectivity index (χ4n) is 2.33. The van der Waals surface area contributed by atoms with Crippen molar-refractivity contribution in [3.8, 4) is 11.5 Å². The van der Waals surface area contributed by atoms with Crippen LogP contribution in [-0.2, 0) is 4.79 Å². The van der Waals surface area contributed by atoms with Crippen LogP contribution in [0.15, 0.2) is 36.4 Å².